The predicted octanol–water partition coefficient (Wildman–Crippen LogP) is 2.56. The van der Waals surface area contributed by atoms with Crippen molar-refractivity contribution in [3.63, 3.8) is 0 Å². The topological polar surface area (TPSA) is 46.3 Å². The van der Waals surface area contributed by atoms with Crippen LogP contribution in [0.25, 0.3) is 0 Å². The summed E-state index contributed by atoms with van der Waals surface area (Å²) in [4.78, 5) is 12.8. The lowest BCUT2D eigenvalue weighted by Crippen LogP contribution is -2.39. The third-order valence-corrected chi connectivity index (χ3v) is 2.86. The fourth-order valence-corrected chi connectivity index (χ4v) is 1.76. The molecule has 1 rings (SSSR count). The van der Waals surface area contributed by atoms with Gasteiger partial charge in [-0.25, -0.2) is 0 Å². The summed E-state index contributed by atoms with van der Waals surface area (Å²) >= 11 is 0. The lowest BCUT2D eigenvalue weighted by atomic mass is 10.1. The van der Waals surface area contributed by atoms with Crippen molar-refractivity contribution >= 4 is 5.91 Å². The van der Waals surface area contributed by atoms with Crippen LogP contribution in [0.5, 0.6) is 0 Å². The van der Waals surface area contributed by atoms with Crippen LogP contribution >= 0.6 is 0 Å². The van der Waals surface area contributed by atoms with E-state index in [1.807, 2.05) is 0 Å². The molecule has 112 valence electrons. The normalized spacial score (nSPS) is 13.1. The SMILES string of the molecule is CC(CN)CC(=O)N(Cc1ccccc1)CC(F)(F)F. The quantitative estimate of drug-likeness (QED) is 0.874. The summed E-state index contributed by atoms with van der Waals surface area (Å²) < 4.78 is 37.7. The first kappa shape index (κ1) is 16.5. The second-order valence-corrected chi connectivity index (χ2v) is 4.90. The molecule has 0 fully saturated rings. The Balaban J connectivity index is 2.77. The monoisotopic (exact) mass is 288 g/mol. The van der Waals surface area contributed by atoms with E-state index in [1.54, 1.807) is 37.3 Å². The molecule has 0 saturated carbocycles. The van der Waals surface area contributed by atoms with E-state index in [-0.39, 0.29) is 25.4 Å². The average Bonchev–Trinajstić information content (AvgIpc) is 2.37. The highest BCUT2D eigenvalue weighted by molar-refractivity contribution is 5.76. The molecular formula is C14H19F3N2O. The van der Waals surface area contributed by atoms with Gasteiger partial charge in [-0.1, -0.05) is 37.3 Å². The van der Waals surface area contributed by atoms with Crippen molar-refractivity contribution in [2.75, 3.05) is 13.1 Å². The molecule has 0 aliphatic carbocycles. The highest BCUT2D eigenvalue weighted by Gasteiger charge is 2.33. The van der Waals surface area contributed by atoms with Crippen molar-refractivity contribution in [1.82, 2.24) is 4.90 Å². The van der Waals surface area contributed by atoms with Gasteiger partial charge in [-0.2, -0.15) is 13.2 Å². The van der Waals surface area contributed by atoms with E-state index in [4.69, 9.17) is 5.73 Å². The van der Waals surface area contributed by atoms with Crippen LogP contribution in [0.3, 0.4) is 0 Å². The minimum atomic E-state index is -4.41. The Morgan fingerprint density at radius 2 is 1.90 bits per heavy atom. The molecule has 0 aliphatic rings. The number of rotatable bonds is 6. The Labute approximate surface area is 116 Å². The number of amides is 1. The Bertz CT molecular complexity index is 420. The number of nitrogens with two attached hydrogens (primary N) is 1. The van der Waals surface area contributed by atoms with Gasteiger partial charge in [-0.15, -0.1) is 0 Å². The molecule has 1 unspecified atom stereocenters. The summed E-state index contributed by atoms with van der Waals surface area (Å²) in [6.07, 6.45) is -4.38. The molecule has 0 heterocycles. The van der Waals surface area contributed by atoms with Crippen molar-refractivity contribution in [2.24, 2.45) is 11.7 Å². The molecule has 1 aromatic carbocycles. The van der Waals surface area contributed by atoms with Crippen molar-refractivity contribution in [1.29, 1.82) is 0 Å². The first-order valence-corrected chi connectivity index (χ1v) is 6.40. The molecule has 0 aliphatic heterocycles. The summed E-state index contributed by atoms with van der Waals surface area (Å²) in [5.74, 6) is -0.655. The number of halogens is 3. The molecule has 1 amide bonds. The van der Waals surface area contributed by atoms with E-state index in [0.717, 1.165) is 4.90 Å². The van der Waals surface area contributed by atoms with E-state index in [9.17, 15) is 18.0 Å². The summed E-state index contributed by atoms with van der Waals surface area (Å²) in [6.45, 7) is 0.734. The molecule has 20 heavy (non-hydrogen) atoms. The Hall–Kier alpha value is -1.56. The molecule has 2 N–H and O–H groups in total. The predicted molar refractivity (Wildman–Crippen MR) is 70.7 cm³/mol. The second-order valence-electron chi connectivity index (χ2n) is 4.90. The number of carbonyl (C=O) groups excluding carboxylic acids is 1. The Morgan fingerprint density at radius 3 is 2.40 bits per heavy atom. The second kappa shape index (κ2) is 7.28. The molecule has 0 spiro atoms. The van der Waals surface area contributed by atoms with E-state index < -0.39 is 18.6 Å². The van der Waals surface area contributed by atoms with Crippen LogP contribution in [0, 0.1) is 5.92 Å². The van der Waals surface area contributed by atoms with Crippen molar-refractivity contribution in [2.45, 2.75) is 26.1 Å². The van der Waals surface area contributed by atoms with Gasteiger partial charge in [-0.3, -0.25) is 4.79 Å². The Kier molecular flexibility index (Phi) is 6.01. The van der Waals surface area contributed by atoms with Crippen LogP contribution in [0.2, 0.25) is 0 Å². The molecule has 0 aromatic heterocycles. The maximum atomic E-state index is 12.6. The first-order valence-electron chi connectivity index (χ1n) is 6.40. The fourth-order valence-electron chi connectivity index (χ4n) is 1.76. The molecule has 3 nitrogen and oxygen atoms in total. The number of benzene rings is 1. The third kappa shape index (κ3) is 6.06. The van der Waals surface area contributed by atoms with Gasteiger partial charge >= 0.3 is 6.18 Å². The van der Waals surface area contributed by atoms with E-state index >= 15 is 0 Å². The van der Waals surface area contributed by atoms with Crippen LogP contribution in [0.1, 0.15) is 18.9 Å². The van der Waals surface area contributed by atoms with Crippen LogP contribution in [0.15, 0.2) is 30.3 Å². The molecular weight excluding hydrogens is 269 g/mol. The molecule has 1 aromatic rings. The van der Waals surface area contributed by atoms with E-state index in [2.05, 4.69) is 0 Å². The van der Waals surface area contributed by atoms with E-state index in [1.165, 1.54) is 0 Å². The van der Waals surface area contributed by atoms with Crippen LogP contribution in [0.4, 0.5) is 13.2 Å². The zero-order valence-electron chi connectivity index (χ0n) is 11.4. The standard InChI is InChI=1S/C14H19F3N2O/c1-11(8-18)7-13(20)19(10-14(15,16)17)9-12-5-3-2-4-6-12/h2-6,11H,7-10,18H2,1H3. The maximum Gasteiger partial charge on any atom is 0.406 e. The van der Waals surface area contributed by atoms with Gasteiger partial charge in [0.05, 0.1) is 0 Å². The van der Waals surface area contributed by atoms with Gasteiger partial charge in [0, 0.05) is 13.0 Å². The number of hydrogen-bond acceptors (Lipinski definition) is 2. The Morgan fingerprint density at radius 1 is 1.30 bits per heavy atom. The molecule has 6 heteroatoms. The van der Waals surface area contributed by atoms with Gasteiger partial charge in [0.15, 0.2) is 0 Å². The van der Waals surface area contributed by atoms with Gasteiger partial charge in [0.1, 0.15) is 6.54 Å². The van der Waals surface area contributed by atoms with E-state index in [0.29, 0.717) is 5.56 Å². The minimum absolute atomic E-state index is 0.0272. The lowest BCUT2D eigenvalue weighted by molar-refractivity contribution is -0.162. The lowest BCUT2D eigenvalue weighted by Gasteiger charge is -2.25. The first-order chi connectivity index (χ1) is 9.31. The van der Waals surface area contributed by atoms with Crippen LogP contribution in [-0.4, -0.2) is 30.1 Å². The summed E-state index contributed by atoms with van der Waals surface area (Å²) in [5.41, 5.74) is 6.08. The maximum absolute atomic E-state index is 12.6. The van der Waals surface area contributed by atoms with Gasteiger partial charge in [-0.05, 0) is 18.0 Å². The molecule has 0 saturated heterocycles. The highest BCUT2D eigenvalue weighted by atomic mass is 19.4. The molecule has 0 radical (unpaired) electrons. The number of carbonyl (C=O) groups is 1. The number of hydrogen-bond donors (Lipinski definition) is 1. The summed E-state index contributed by atoms with van der Waals surface area (Å²) in [7, 11) is 0. The third-order valence-electron chi connectivity index (χ3n) is 2.86. The number of nitrogens with zero attached hydrogens (tertiary/aromatic N) is 1. The van der Waals surface area contributed by atoms with Crippen LogP contribution < -0.4 is 5.73 Å². The highest BCUT2D eigenvalue weighted by Crippen LogP contribution is 2.19. The fraction of sp³-hybridized carbons (Fsp3) is 0.500. The summed E-state index contributed by atoms with van der Waals surface area (Å²) in [5, 5.41) is 0. The molecule has 1 atom stereocenters. The summed E-state index contributed by atoms with van der Waals surface area (Å²) in [6, 6.07) is 8.63. The van der Waals surface area contributed by atoms with Crippen molar-refractivity contribution in [3.05, 3.63) is 35.9 Å². The smallest absolute Gasteiger partial charge is 0.330 e. The molecule has 0 bridgehead atoms. The zero-order valence-corrected chi connectivity index (χ0v) is 11.4. The van der Waals surface area contributed by atoms with Gasteiger partial charge < -0.3 is 10.6 Å². The van der Waals surface area contributed by atoms with Gasteiger partial charge in [0.2, 0.25) is 5.91 Å². The largest absolute Gasteiger partial charge is 0.406 e. The van der Waals surface area contributed by atoms with Crippen molar-refractivity contribution in [3.8, 4) is 0 Å². The zero-order chi connectivity index (χ0) is 15.2. The van der Waals surface area contributed by atoms with Crippen LogP contribution in [-0.2, 0) is 11.3 Å². The minimum Gasteiger partial charge on any atom is -0.330 e. The van der Waals surface area contributed by atoms with Gasteiger partial charge in [0.25, 0.3) is 0 Å². The average molecular weight is 288 g/mol. The van der Waals surface area contributed by atoms with Crippen molar-refractivity contribution < 1.29 is 18.0 Å². The number of alkyl halides is 3.